The highest BCUT2D eigenvalue weighted by atomic mass is 35.5. The first-order chi connectivity index (χ1) is 10.1. The van der Waals surface area contributed by atoms with E-state index in [1.54, 1.807) is 6.07 Å². The maximum atomic E-state index is 6.03. The number of aromatic nitrogens is 1. The van der Waals surface area contributed by atoms with Crippen molar-refractivity contribution in [2.75, 3.05) is 26.0 Å². The molecule has 0 unspecified atom stereocenters. The number of hydrogen-bond acceptors (Lipinski definition) is 5. The van der Waals surface area contributed by atoms with Gasteiger partial charge in [0.15, 0.2) is 11.7 Å². The SMILES string of the molecule is CN(C)NC1=Nc2ccc(Cl)nc2N(C)c2ccccc21. The molecule has 2 heterocycles. The van der Waals surface area contributed by atoms with Crippen molar-refractivity contribution < 1.29 is 0 Å². The molecule has 1 aliphatic rings. The summed E-state index contributed by atoms with van der Waals surface area (Å²) in [7, 11) is 5.83. The monoisotopic (exact) mass is 301 g/mol. The average molecular weight is 302 g/mol. The third-order valence-corrected chi connectivity index (χ3v) is 3.43. The molecule has 0 amide bonds. The number of anilines is 2. The van der Waals surface area contributed by atoms with Crippen LogP contribution in [-0.2, 0) is 0 Å². The van der Waals surface area contributed by atoms with Gasteiger partial charge in [0.25, 0.3) is 0 Å². The number of benzene rings is 1. The van der Waals surface area contributed by atoms with E-state index in [9.17, 15) is 0 Å². The highest BCUT2D eigenvalue weighted by molar-refractivity contribution is 6.29. The third-order valence-electron chi connectivity index (χ3n) is 3.22. The number of hydrogen-bond donors (Lipinski definition) is 1. The Morgan fingerprint density at radius 3 is 2.67 bits per heavy atom. The summed E-state index contributed by atoms with van der Waals surface area (Å²) in [6, 6.07) is 11.7. The zero-order valence-corrected chi connectivity index (χ0v) is 12.9. The lowest BCUT2D eigenvalue weighted by atomic mass is 10.1. The second kappa shape index (κ2) is 5.35. The highest BCUT2D eigenvalue weighted by Crippen LogP contribution is 2.37. The topological polar surface area (TPSA) is 43.8 Å². The van der Waals surface area contributed by atoms with Gasteiger partial charge in [0.05, 0.1) is 5.69 Å². The largest absolute Gasteiger partial charge is 0.327 e. The highest BCUT2D eigenvalue weighted by Gasteiger charge is 2.21. The summed E-state index contributed by atoms with van der Waals surface area (Å²) in [5.74, 6) is 1.52. The van der Waals surface area contributed by atoms with Gasteiger partial charge in [-0.3, -0.25) is 0 Å². The van der Waals surface area contributed by atoms with E-state index in [4.69, 9.17) is 16.6 Å². The van der Waals surface area contributed by atoms with Crippen LogP contribution in [0.25, 0.3) is 0 Å². The molecule has 0 spiro atoms. The second-order valence-electron chi connectivity index (χ2n) is 5.02. The first-order valence-electron chi connectivity index (χ1n) is 6.58. The molecule has 0 radical (unpaired) electrons. The molecule has 6 heteroatoms. The summed E-state index contributed by atoms with van der Waals surface area (Å²) >= 11 is 6.03. The van der Waals surface area contributed by atoms with E-state index < -0.39 is 0 Å². The average Bonchev–Trinajstić information content (AvgIpc) is 2.56. The van der Waals surface area contributed by atoms with Gasteiger partial charge in [-0.1, -0.05) is 23.7 Å². The van der Waals surface area contributed by atoms with Gasteiger partial charge < -0.3 is 10.3 Å². The van der Waals surface area contributed by atoms with Gasteiger partial charge in [0.1, 0.15) is 10.8 Å². The van der Waals surface area contributed by atoms with Crippen molar-refractivity contribution in [3.8, 4) is 0 Å². The van der Waals surface area contributed by atoms with Crippen molar-refractivity contribution in [1.29, 1.82) is 0 Å². The number of aliphatic imine (C=N–C) groups is 1. The van der Waals surface area contributed by atoms with Crippen LogP contribution in [-0.4, -0.2) is 37.0 Å². The number of pyridine rings is 1. The maximum absolute atomic E-state index is 6.03. The van der Waals surface area contributed by atoms with Gasteiger partial charge in [-0.05, 0) is 24.3 Å². The molecule has 0 saturated carbocycles. The van der Waals surface area contributed by atoms with Gasteiger partial charge in [0.2, 0.25) is 0 Å². The standard InChI is InChI=1S/C15H16ClN5/c1-20(2)19-14-10-6-4-5-7-12(10)21(3)15-11(17-14)8-9-13(16)18-15/h4-9H,1-3H3,(H,17,19). The number of hydrazine groups is 1. The second-order valence-corrected chi connectivity index (χ2v) is 5.41. The number of nitrogens with one attached hydrogen (secondary N) is 1. The van der Waals surface area contributed by atoms with Gasteiger partial charge >= 0.3 is 0 Å². The lowest BCUT2D eigenvalue weighted by molar-refractivity contribution is 0.363. The minimum atomic E-state index is 0.456. The predicted octanol–water partition coefficient (Wildman–Crippen LogP) is 2.96. The number of halogens is 1. The quantitative estimate of drug-likeness (QED) is 0.650. The van der Waals surface area contributed by atoms with Crippen LogP contribution in [0.15, 0.2) is 41.4 Å². The van der Waals surface area contributed by atoms with Crippen molar-refractivity contribution >= 4 is 34.6 Å². The van der Waals surface area contributed by atoms with E-state index in [0.717, 1.165) is 28.6 Å². The van der Waals surface area contributed by atoms with E-state index in [-0.39, 0.29) is 0 Å². The Labute approximate surface area is 128 Å². The summed E-state index contributed by atoms with van der Waals surface area (Å²) in [5, 5.41) is 2.32. The van der Waals surface area contributed by atoms with Gasteiger partial charge in [-0.15, -0.1) is 0 Å². The number of rotatable bonds is 1. The fourth-order valence-electron chi connectivity index (χ4n) is 2.31. The lowest BCUT2D eigenvalue weighted by Crippen LogP contribution is -2.36. The molecular weight excluding hydrogens is 286 g/mol. The number of fused-ring (bicyclic) bond motifs is 2. The van der Waals surface area contributed by atoms with E-state index in [1.807, 2.05) is 61.4 Å². The Balaban J connectivity index is 2.24. The fraction of sp³-hybridized carbons (Fsp3) is 0.200. The molecule has 108 valence electrons. The molecule has 21 heavy (non-hydrogen) atoms. The van der Waals surface area contributed by atoms with Crippen LogP contribution in [0.1, 0.15) is 5.56 Å². The minimum Gasteiger partial charge on any atom is -0.327 e. The van der Waals surface area contributed by atoms with Crippen LogP contribution < -0.4 is 10.3 Å². The Hall–Kier alpha value is -2.11. The molecule has 1 aliphatic heterocycles. The molecule has 1 N–H and O–H groups in total. The molecule has 0 fully saturated rings. The van der Waals surface area contributed by atoms with E-state index in [1.165, 1.54) is 0 Å². The van der Waals surface area contributed by atoms with E-state index >= 15 is 0 Å². The first-order valence-corrected chi connectivity index (χ1v) is 6.96. The van der Waals surface area contributed by atoms with Crippen LogP contribution in [0.2, 0.25) is 5.15 Å². The summed E-state index contributed by atoms with van der Waals surface area (Å²) < 4.78 is 0. The molecule has 1 aromatic carbocycles. The van der Waals surface area contributed by atoms with Crippen molar-refractivity contribution in [3.63, 3.8) is 0 Å². The van der Waals surface area contributed by atoms with Crippen molar-refractivity contribution in [2.45, 2.75) is 0 Å². The molecule has 3 rings (SSSR count). The summed E-state index contributed by atoms with van der Waals surface area (Å²) in [6.45, 7) is 0. The summed E-state index contributed by atoms with van der Waals surface area (Å²) in [4.78, 5) is 11.1. The van der Waals surface area contributed by atoms with Crippen LogP contribution in [0.4, 0.5) is 17.2 Å². The van der Waals surface area contributed by atoms with E-state index in [0.29, 0.717) is 5.15 Å². The van der Waals surface area contributed by atoms with Crippen LogP contribution in [0, 0.1) is 0 Å². The maximum Gasteiger partial charge on any atom is 0.160 e. The molecule has 2 aromatic rings. The van der Waals surface area contributed by atoms with Crippen molar-refractivity contribution in [1.82, 2.24) is 15.4 Å². The normalized spacial score (nSPS) is 13.4. The summed E-state index contributed by atoms with van der Waals surface area (Å²) in [5.41, 5.74) is 6.07. The van der Waals surface area contributed by atoms with Crippen molar-refractivity contribution in [3.05, 3.63) is 47.1 Å². The lowest BCUT2D eigenvalue weighted by Gasteiger charge is -2.21. The molecule has 0 atom stereocenters. The third kappa shape index (κ3) is 2.57. The smallest absolute Gasteiger partial charge is 0.160 e. The molecule has 0 saturated heterocycles. The minimum absolute atomic E-state index is 0.456. The molecule has 0 aliphatic carbocycles. The molecular formula is C15H16ClN5. The molecule has 0 bridgehead atoms. The predicted molar refractivity (Wildman–Crippen MR) is 86.8 cm³/mol. The van der Waals surface area contributed by atoms with Crippen LogP contribution >= 0.6 is 11.6 Å². The summed E-state index contributed by atoms with van der Waals surface area (Å²) in [6.07, 6.45) is 0. The fourth-order valence-corrected chi connectivity index (χ4v) is 2.45. The Morgan fingerprint density at radius 1 is 1.14 bits per heavy atom. The zero-order valence-electron chi connectivity index (χ0n) is 12.1. The van der Waals surface area contributed by atoms with E-state index in [2.05, 4.69) is 10.4 Å². The first kappa shape index (κ1) is 13.9. The molecule has 5 nitrogen and oxygen atoms in total. The Kier molecular flexibility index (Phi) is 3.53. The Bertz CT molecular complexity index is 711. The van der Waals surface area contributed by atoms with Gasteiger partial charge in [-0.2, -0.15) is 0 Å². The van der Waals surface area contributed by atoms with Gasteiger partial charge in [-0.25, -0.2) is 15.0 Å². The zero-order chi connectivity index (χ0) is 15.0. The van der Waals surface area contributed by atoms with Crippen LogP contribution in [0.3, 0.4) is 0 Å². The van der Waals surface area contributed by atoms with Crippen molar-refractivity contribution in [2.24, 2.45) is 4.99 Å². The van der Waals surface area contributed by atoms with Crippen LogP contribution in [0.5, 0.6) is 0 Å². The number of amidine groups is 1. The number of para-hydroxylation sites is 1. The number of nitrogens with zero attached hydrogens (tertiary/aromatic N) is 4. The molecule has 1 aromatic heterocycles. The Morgan fingerprint density at radius 2 is 1.90 bits per heavy atom. The van der Waals surface area contributed by atoms with Gasteiger partial charge in [0, 0.05) is 26.7 Å².